The van der Waals surface area contributed by atoms with E-state index in [1.165, 1.54) is 45.2 Å². The Hall–Kier alpha value is -0.0400. The van der Waals surface area contributed by atoms with Crippen molar-refractivity contribution in [2.45, 2.75) is 39.0 Å². The van der Waals surface area contributed by atoms with Gasteiger partial charge >= 0.3 is 0 Å². The van der Waals surface area contributed by atoms with E-state index in [-0.39, 0.29) is 0 Å². The van der Waals surface area contributed by atoms with Crippen molar-refractivity contribution >= 4 is 0 Å². The van der Waals surface area contributed by atoms with Gasteiger partial charge in [-0.2, -0.15) is 0 Å². The highest BCUT2D eigenvalue weighted by molar-refractivity contribution is 4.95. The molecule has 0 aromatic carbocycles. The van der Waals surface area contributed by atoms with Crippen LogP contribution in [0.2, 0.25) is 0 Å². The lowest BCUT2D eigenvalue weighted by Crippen LogP contribution is -2.28. The Labute approximate surface area is 76.1 Å². The van der Waals surface area contributed by atoms with Crippen LogP contribution in [-0.2, 0) is 0 Å². The van der Waals surface area contributed by atoms with Crippen LogP contribution in [0.25, 0.3) is 0 Å². The van der Waals surface area contributed by atoms with Gasteiger partial charge in [-0.05, 0) is 63.6 Å². The Morgan fingerprint density at radius 2 is 1.92 bits per heavy atom. The highest BCUT2D eigenvalue weighted by Crippen LogP contribution is 2.54. The summed E-state index contributed by atoms with van der Waals surface area (Å²) < 4.78 is 0. The zero-order chi connectivity index (χ0) is 8.60. The Morgan fingerprint density at radius 3 is 2.58 bits per heavy atom. The summed E-state index contributed by atoms with van der Waals surface area (Å²) in [6.07, 6.45) is 7.43. The Morgan fingerprint density at radius 1 is 1.17 bits per heavy atom. The third kappa shape index (κ3) is 1.82. The number of rotatable bonds is 0. The summed E-state index contributed by atoms with van der Waals surface area (Å²) >= 11 is 0. The number of nitrogens with zero attached hydrogens (tertiary/aromatic N) is 1. The molecule has 0 bridgehead atoms. The first kappa shape index (κ1) is 8.55. The van der Waals surface area contributed by atoms with Crippen molar-refractivity contribution in [1.82, 2.24) is 4.90 Å². The second-order valence-corrected chi connectivity index (χ2v) is 5.15. The second kappa shape index (κ2) is 3.02. The van der Waals surface area contributed by atoms with Crippen LogP contribution in [0, 0.1) is 11.3 Å². The first-order valence-electron chi connectivity index (χ1n) is 5.39. The van der Waals surface area contributed by atoms with Crippen molar-refractivity contribution in [2.24, 2.45) is 11.3 Å². The lowest BCUT2D eigenvalue weighted by atomic mass is 9.87. The molecule has 1 saturated heterocycles. The minimum atomic E-state index is 0.814. The molecule has 70 valence electrons. The van der Waals surface area contributed by atoms with Crippen LogP contribution >= 0.6 is 0 Å². The molecule has 1 saturated carbocycles. The van der Waals surface area contributed by atoms with Crippen LogP contribution < -0.4 is 0 Å². The van der Waals surface area contributed by atoms with Gasteiger partial charge in [0.25, 0.3) is 0 Å². The summed E-state index contributed by atoms with van der Waals surface area (Å²) in [5.74, 6) is 0.968. The van der Waals surface area contributed by atoms with Crippen molar-refractivity contribution in [2.75, 3.05) is 20.1 Å². The fraction of sp³-hybridized carbons (Fsp3) is 1.00. The van der Waals surface area contributed by atoms with E-state index in [2.05, 4.69) is 18.9 Å². The monoisotopic (exact) mass is 167 g/mol. The minimum Gasteiger partial charge on any atom is -0.306 e. The molecule has 0 unspecified atom stereocenters. The molecule has 0 aromatic rings. The summed E-state index contributed by atoms with van der Waals surface area (Å²) in [5, 5.41) is 0. The highest BCUT2D eigenvalue weighted by atomic mass is 15.1. The average Bonchev–Trinajstić information content (AvgIpc) is 2.77. The fourth-order valence-electron chi connectivity index (χ4n) is 2.55. The third-order valence-corrected chi connectivity index (χ3v) is 3.77. The SMILES string of the molecule is C[C@H]1CCN(C)CCC2(CC2)C1. The first-order valence-corrected chi connectivity index (χ1v) is 5.39. The normalized spacial score (nSPS) is 36.0. The van der Waals surface area contributed by atoms with E-state index < -0.39 is 0 Å². The standard InChI is InChI=1S/C11H21N/c1-10-3-7-12(2)8-6-11(9-10)4-5-11/h10H,3-9H2,1-2H3/t10-/m0/s1. The summed E-state index contributed by atoms with van der Waals surface area (Å²) in [7, 11) is 2.27. The fourth-order valence-corrected chi connectivity index (χ4v) is 2.55. The van der Waals surface area contributed by atoms with Crippen molar-refractivity contribution in [3.8, 4) is 0 Å². The molecule has 0 amide bonds. The van der Waals surface area contributed by atoms with Crippen LogP contribution in [0.15, 0.2) is 0 Å². The molecule has 1 aliphatic heterocycles. The Bertz CT molecular complexity index is 160. The van der Waals surface area contributed by atoms with Gasteiger partial charge < -0.3 is 4.90 Å². The molecule has 1 nitrogen and oxygen atoms in total. The molecule has 0 radical (unpaired) electrons. The molecule has 1 spiro atoms. The summed E-state index contributed by atoms with van der Waals surface area (Å²) in [4.78, 5) is 2.51. The van der Waals surface area contributed by atoms with Crippen LogP contribution in [0.5, 0.6) is 0 Å². The maximum atomic E-state index is 2.51. The minimum absolute atomic E-state index is 0.814. The van der Waals surface area contributed by atoms with E-state index in [0.717, 1.165) is 11.3 Å². The second-order valence-electron chi connectivity index (χ2n) is 5.15. The maximum Gasteiger partial charge on any atom is -0.00165 e. The highest BCUT2D eigenvalue weighted by Gasteiger charge is 2.43. The van der Waals surface area contributed by atoms with Gasteiger partial charge in [0.2, 0.25) is 0 Å². The van der Waals surface area contributed by atoms with E-state index in [9.17, 15) is 0 Å². The van der Waals surface area contributed by atoms with E-state index in [1.54, 1.807) is 0 Å². The molecule has 12 heavy (non-hydrogen) atoms. The van der Waals surface area contributed by atoms with Gasteiger partial charge in [0.05, 0.1) is 0 Å². The van der Waals surface area contributed by atoms with Gasteiger partial charge in [0.15, 0.2) is 0 Å². The zero-order valence-corrected chi connectivity index (χ0v) is 8.47. The zero-order valence-electron chi connectivity index (χ0n) is 8.47. The van der Waals surface area contributed by atoms with Gasteiger partial charge in [0, 0.05) is 0 Å². The molecule has 2 fully saturated rings. The van der Waals surface area contributed by atoms with E-state index >= 15 is 0 Å². The lowest BCUT2D eigenvalue weighted by molar-refractivity contribution is 0.211. The predicted molar refractivity (Wildman–Crippen MR) is 52.2 cm³/mol. The lowest BCUT2D eigenvalue weighted by Gasteiger charge is -2.28. The molecule has 1 aliphatic carbocycles. The summed E-state index contributed by atoms with van der Waals surface area (Å²) in [6.45, 7) is 5.09. The van der Waals surface area contributed by atoms with Gasteiger partial charge in [-0.15, -0.1) is 0 Å². The molecule has 0 aromatic heterocycles. The summed E-state index contributed by atoms with van der Waals surface area (Å²) in [5.41, 5.74) is 0.814. The van der Waals surface area contributed by atoms with Crippen LogP contribution in [0.3, 0.4) is 0 Å². The topological polar surface area (TPSA) is 3.24 Å². The van der Waals surface area contributed by atoms with Crippen molar-refractivity contribution in [3.05, 3.63) is 0 Å². The van der Waals surface area contributed by atoms with Gasteiger partial charge in [-0.3, -0.25) is 0 Å². The maximum absolute atomic E-state index is 2.51. The largest absolute Gasteiger partial charge is 0.306 e. The molecule has 1 heterocycles. The van der Waals surface area contributed by atoms with E-state index in [4.69, 9.17) is 0 Å². The molecule has 2 aliphatic rings. The molecule has 2 rings (SSSR count). The van der Waals surface area contributed by atoms with Crippen LogP contribution in [0.1, 0.15) is 39.0 Å². The molecule has 1 heteroatoms. The van der Waals surface area contributed by atoms with Crippen LogP contribution in [-0.4, -0.2) is 25.0 Å². The first-order chi connectivity index (χ1) is 5.70. The Balaban J connectivity index is 1.93. The molecular weight excluding hydrogens is 146 g/mol. The van der Waals surface area contributed by atoms with Gasteiger partial charge in [-0.25, -0.2) is 0 Å². The van der Waals surface area contributed by atoms with E-state index in [1.807, 2.05) is 0 Å². The van der Waals surface area contributed by atoms with E-state index in [0.29, 0.717) is 0 Å². The predicted octanol–water partition coefficient (Wildman–Crippen LogP) is 2.52. The number of hydrogen-bond donors (Lipinski definition) is 0. The third-order valence-electron chi connectivity index (χ3n) is 3.77. The number of likely N-dealkylation sites (tertiary alicyclic amines) is 1. The number of hydrogen-bond acceptors (Lipinski definition) is 1. The smallest absolute Gasteiger partial charge is 0.00165 e. The quantitative estimate of drug-likeness (QED) is 0.536. The average molecular weight is 167 g/mol. The molecule has 1 atom stereocenters. The van der Waals surface area contributed by atoms with Crippen LogP contribution in [0.4, 0.5) is 0 Å². The summed E-state index contributed by atoms with van der Waals surface area (Å²) in [6, 6.07) is 0. The van der Waals surface area contributed by atoms with Gasteiger partial charge in [0.1, 0.15) is 0 Å². The Kier molecular flexibility index (Phi) is 2.16. The van der Waals surface area contributed by atoms with Crippen molar-refractivity contribution < 1.29 is 0 Å². The molecular formula is C11H21N. The van der Waals surface area contributed by atoms with Gasteiger partial charge in [-0.1, -0.05) is 6.92 Å². The molecule has 0 N–H and O–H groups in total. The van der Waals surface area contributed by atoms with Crippen molar-refractivity contribution in [1.29, 1.82) is 0 Å². The van der Waals surface area contributed by atoms with Crippen molar-refractivity contribution in [3.63, 3.8) is 0 Å².